The molecule has 0 aromatic heterocycles. The number of rotatable bonds is 5. The minimum Gasteiger partial charge on any atom is -0.452 e. The fourth-order valence-electron chi connectivity index (χ4n) is 3.71. The van der Waals surface area contributed by atoms with Crippen LogP contribution in [0.2, 0.25) is 0 Å². The number of ether oxygens (including phenoxy) is 1. The maximum Gasteiger partial charge on any atom is 0.340 e. The highest BCUT2D eigenvalue weighted by Gasteiger charge is 2.33. The van der Waals surface area contributed by atoms with Gasteiger partial charge in [0.2, 0.25) is 0 Å². The standard InChI is InChI=1S/C25H20N2O5/c1-14(15-7-3-2-4-8-15)27-20(28)13-32-25(31)19-12-11-18-21(22(19)26)24(30)17-10-6-5-9-16(17)23(18)29/h2-12,14H,13,26H2,1H3,(H,27,28). The molecule has 4 rings (SSSR count). The first-order chi connectivity index (χ1) is 15.4. The van der Waals surface area contributed by atoms with Gasteiger partial charge in [0.1, 0.15) is 0 Å². The fourth-order valence-corrected chi connectivity index (χ4v) is 3.71. The van der Waals surface area contributed by atoms with E-state index in [4.69, 9.17) is 10.5 Å². The number of hydrogen-bond donors (Lipinski definition) is 2. The molecule has 1 amide bonds. The number of anilines is 1. The van der Waals surface area contributed by atoms with Gasteiger partial charge in [-0.05, 0) is 24.6 Å². The zero-order valence-corrected chi connectivity index (χ0v) is 17.3. The summed E-state index contributed by atoms with van der Waals surface area (Å²) in [5, 5.41) is 2.75. The molecule has 7 heteroatoms. The van der Waals surface area contributed by atoms with Gasteiger partial charge in [-0.2, -0.15) is 0 Å². The van der Waals surface area contributed by atoms with E-state index in [1.165, 1.54) is 12.1 Å². The summed E-state index contributed by atoms with van der Waals surface area (Å²) in [7, 11) is 0. The van der Waals surface area contributed by atoms with E-state index < -0.39 is 24.3 Å². The van der Waals surface area contributed by atoms with E-state index in [1.807, 2.05) is 37.3 Å². The van der Waals surface area contributed by atoms with Crippen LogP contribution in [-0.4, -0.2) is 30.0 Å². The van der Waals surface area contributed by atoms with Crippen molar-refractivity contribution in [1.29, 1.82) is 0 Å². The van der Waals surface area contributed by atoms with Crippen LogP contribution in [0, 0.1) is 0 Å². The Kier molecular flexibility index (Phi) is 5.55. The number of carbonyl (C=O) groups is 4. The number of amides is 1. The number of esters is 1. The number of nitrogens with one attached hydrogen (secondary N) is 1. The number of ketones is 2. The molecule has 0 aliphatic heterocycles. The van der Waals surface area contributed by atoms with E-state index in [-0.39, 0.29) is 39.8 Å². The second kappa shape index (κ2) is 8.47. The van der Waals surface area contributed by atoms with E-state index in [0.29, 0.717) is 5.56 Å². The van der Waals surface area contributed by atoms with Crippen molar-refractivity contribution in [2.75, 3.05) is 12.3 Å². The van der Waals surface area contributed by atoms with Crippen molar-refractivity contribution in [3.05, 3.63) is 100 Å². The van der Waals surface area contributed by atoms with E-state index >= 15 is 0 Å². The van der Waals surface area contributed by atoms with Gasteiger partial charge in [0.05, 0.1) is 22.9 Å². The molecule has 1 unspecified atom stereocenters. The van der Waals surface area contributed by atoms with Crippen LogP contribution < -0.4 is 11.1 Å². The summed E-state index contributed by atoms with van der Waals surface area (Å²) in [4.78, 5) is 50.4. The monoisotopic (exact) mass is 428 g/mol. The summed E-state index contributed by atoms with van der Waals surface area (Å²) in [5.41, 5.74) is 7.44. The van der Waals surface area contributed by atoms with Crippen molar-refractivity contribution in [1.82, 2.24) is 5.32 Å². The molecule has 1 aliphatic rings. The minimum atomic E-state index is -0.855. The van der Waals surface area contributed by atoms with Crippen LogP contribution in [0.5, 0.6) is 0 Å². The largest absolute Gasteiger partial charge is 0.452 e. The molecule has 3 aromatic rings. The predicted molar refractivity (Wildman–Crippen MR) is 117 cm³/mol. The van der Waals surface area contributed by atoms with Crippen LogP contribution in [0.4, 0.5) is 5.69 Å². The van der Waals surface area contributed by atoms with Crippen molar-refractivity contribution in [2.24, 2.45) is 0 Å². The molecular weight excluding hydrogens is 408 g/mol. The van der Waals surface area contributed by atoms with Crippen LogP contribution in [-0.2, 0) is 9.53 Å². The molecule has 0 saturated carbocycles. The van der Waals surface area contributed by atoms with Gasteiger partial charge in [-0.15, -0.1) is 0 Å². The highest BCUT2D eigenvalue weighted by molar-refractivity contribution is 6.30. The molecule has 160 valence electrons. The van der Waals surface area contributed by atoms with Gasteiger partial charge in [-0.3, -0.25) is 14.4 Å². The first-order valence-electron chi connectivity index (χ1n) is 10.0. The summed E-state index contributed by atoms with van der Waals surface area (Å²) in [6.07, 6.45) is 0. The van der Waals surface area contributed by atoms with Crippen molar-refractivity contribution in [3.63, 3.8) is 0 Å². The van der Waals surface area contributed by atoms with E-state index in [1.54, 1.807) is 24.3 Å². The third-order valence-electron chi connectivity index (χ3n) is 5.36. The van der Waals surface area contributed by atoms with Gasteiger partial charge in [-0.1, -0.05) is 54.6 Å². The smallest absolute Gasteiger partial charge is 0.340 e. The van der Waals surface area contributed by atoms with Gasteiger partial charge in [0.25, 0.3) is 5.91 Å². The lowest BCUT2D eigenvalue weighted by molar-refractivity contribution is -0.124. The zero-order chi connectivity index (χ0) is 22.8. The Morgan fingerprint density at radius 2 is 1.50 bits per heavy atom. The molecule has 0 heterocycles. The van der Waals surface area contributed by atoms with Gasteiger partial charge in [0.15, 0.2) is 18.2 Å². The van der Waals surface area contributed by atoms with Gasteiger partial charge < -0.3 is 15.8 Å². The molecule has 32 heavy (non-hydrogen) atoms. The number of hydrogen-bond acceptors (Lipinski definition) is 6. The molecule has 0 saturated heterocycles. The Hall–Kier alpha value is -4.26. The van der Waals surface area contributed by atoms with Crippen LogP contribution in [0.1, 0.15) is 60.7 Å². The highest BCUT2D eigenvalue weighted by atomic mass is 16.5. The second-order valence-electron chi connectivity index (χ2n) is 7.43. The molecule has 7 nitrogen and oxygen atoms in total. The topological polar surface area (TPSA) is 116 Å². The Morgan fingerprint density at radius 3 is 2.19 bits per heavy atom. The Morgan fingerprint density at radius 1 is 0.875 bits per heavy atom. The molecular formula is C25H20N2O5. The summed E-state index contributed by atoms with van der Waals surface area (Å²) in [6.45, 7) is 1.30. The first kappa shape index (κ1) is 21.0. The van der Waals surface area contributed by atoms with Crippen LogP contribution in [0.25, 0.3) is 0 Å². The first-order valence-corrected chi connectivity index (χ1v) is 10.0. The minimum absolute atomic E-state index is 0.0229. The zero-order valence-electron chi connectivity index (χ0n) is 17.3. The highest BCUT2D eigenvalue weighted by Crippen LogP contribution is 2.32. The fraction of sp³-hybridized carbons (Fsp3) is 0.120. The average Bonchev–Trinajstić information content (AvgIpc) is 2.81. The molecule has 3 aromatic carbocycles. The Labute approximate surface area is 184 Å². The van der Waals surface area contributed by atoms with Crippen molar-refractivity contribution in [2.45, 2.75) is 13.0 Å². The summed E-state index contributed by atoms with van der Waals surface area (Å²) in [6, 6.07) is 18.3. The van der Waals surface area contributed by atoms with E-state index in [2.05, 4.69) is 5.32 Å². The molecule has 0 radical (unpaired) electrons. The lowest BCUT2D eigenvalue weighted by atomic mass is 9.82. The maximum absolute atomic E-state index is 12.9. The van der Waals surface area contributed by atoms with E-state index in [0.717, 1.165) is 5.56 Å². The third kappa shape index (κ3) is 3.76. The van der Waals surface area contributed by atoms with Gasteiger partial charge >= 0.3 is 5.97 Å². The molecule has 0 fully saturated rings. The number of benzene rings is 3. The van der Waals surface area contributed by atoms with E-state index in [9.17, 15) is 19.2 Å². The van der Waals surface area contributed by atoms with Crippen molar-refractivity contribution in [3.8, 4) is 0 Å². The molecule has 0 bridgehead atoms. The van der Waals surface area contributed by atoms with Crippen LogP contribution >= 0.6 is 0 Å². The van der Waals surface area contributed by atoms with Crippen LogP contribution in [0.3, 0.4) is 0 Å². The summed E-state index contributed by atoms with van der Waals surface area (Å²) < 4.78 is 5.10. The second-order valence-corrected chi connectivity index (χ2v) is 7.43. The number of carbonyl (C=O) groups excluding carboxylic acids is 4. The predicted octanol–water partition coefficient (Wildman–Crippen LogP) is 3.08. The lowest BCUT2D eigenvalue weighted by Gasteiger charge is -2.20. The SMILES string of the molecule is CC(NC(=O)COC(=O)c1ccc2c(c1N)C(=O)c1ccccc1C2=O)c1ccccc1. The lowest BCUT2D eigenvalue weighted by Crippen LogP contribution is -2.31. The van der Waals surface area contributed by atoms with Crippen molar-refractivity contribution < 1.29 is 23.9 Å². The summed E-state index contributed by atoms with van der Waals surface area (Å²) in [5.74, 6) is -2.11. The Bertz CT molecular complexity index is 1250. The quantitative estimate of drug-likeness (QED) is 0.373. The average molecular weight is 428 g/mol. The number of nitrogens with two attached hydrogens (primary N) is 1. The van der Waals surface area contributed by atoms with Crippen molar-refractivity contribution >= 4 is 29.1 Å². The molecule has 1 aliphatic carbocycles. The maximum atomic E-state index is 12.9. The Balaban J connectivity index is 1.49. The molecule has 0 spiro atoms. The number of fused-ring (bicyclic) bond motifs is 2. The van der Waals surface area contributed by atoms with Crippen LogP contribution in [0.15, 0.2) is 66.7 Å². The number of nitrogen functional groups attached to an aromatic ring is 1. The molecule has 1 atom stereocenters. The van der Waals surface area contributed by atoms with Gasteiger partial charge in [-0.25, -0.2) is 4.79 Å². The third-order valence-corrected chi connectivity index (χ3v) is 5.36. The summed E-state index contributed by atoms with van der Waals surface area (Å²) >= 11 is 0. The van der Waals surface area contributed by atoms with Gasteiger partial charge in [0, 0.05) is 16.7 Å². The normalized spacial score (nSPS) is 13.0. The molecule has 3 N–H and O–H groups in total.